The fourth-order valence-corrected chi connectivity index (χ4v) is 2.54. The van der Waals surface area contributed by atoms with Crippen molar-refractivity contribution in [1.29, 1.82) is 0 Å². The first-order valence-electron chi connectivity index (χ1n) is 7.28. The van der Waals surface area contributed by atoms with E-state index in [1.165, 1.54) is 16.7 Å². The number of nitrogen functional groups attached to an aromatic ring is 1. The van der Waals surface area contributed by atoms with Gasteiger partial charge in [-0.1, -0.05) is 12.1 Å². The smallest absolute Gasteiger partial charge is 0.161 e. The van der Waals surface area contributed by atoms with E-state index in [0.29, 0.717) is 0 Å². The highest BCUT2D eigenvalue weighted by Crippen LogP contribution is 2.30. The van der Waals surface area contributed by atoms with Crippen molar-refractivity contribution in [1.82, 2.24) is 4.90 Å². The summed E-state index contributed by atoms with van der Waals surface area (Å²) in [5.41, 5.74) is 10.3. The van der Waals surface area contributed by atoms with E-state index >= 15 is 0 Å². The molecule has 4 nitrogen and oxygen atoms in total. The van der Waals surface area contributed by atoms with E-state index < -0.39 is 0 Å². The Morgan fingerprint density at radius 2 is 1.65 bits per heavy atom. The van der Waals surface area contributed by atoms with E-state index in [0.717, 1.165) is 30.3 Å². The molecule has 0 saturated heterocycles. The molecule has 0 spiro atoms. The van der Waals surface area contributed by atoms with Crippen molar-refractivity contribution in [3.8, 4) is 11.5 Å². The molecule has 2 aromatic rings. The largest absolute Gasteiger partial charge is 0.493 e. The van der Waals surface area contributed by atoms with Crippen LogP contribution in [0.2, 0.25) is 0 Å². The number of hydrogen-bond acceptors (Lipinski definition) is 4. The molecule has 0 amide bonds. The summed E-state index contributed by atoms with van der Waals surface area (Å²) in [4.78, 5) is 2.25. The van der Waals surface area contributed by atoms with Crippen LogP contribution < -0.4 is 15.2 Å². The van der Waals surface area contributed by atoms with Crippen molar-refractivity contribution < 1.29 is 9.47 Å². The second-order valence-corrected chi connectivity index (χ2v) is 5.55. The van der Waals surface area contributed by atoms with Gasteiger partial charge in [-0.05, 0) is 54.9 Å². The summed E-state index contributed by atoms with van der Waals surface area (Å²) in [6.07, 6.45) is 0. The van der Waals surface area contributed by atoms with Crippen molar-refractivity contribution in [3.05, 3.63) is 53.1 Å². The van der Waals surface area contributed by atoms with Gasteiger partial charge in [-0.25, -0.2) is 0 Å². The Balaban J connectivity index is 0.00000264. The van der Waals surface area contributed by atoms with Crippen molar-refractivity contribution >= 4 is 18.1 Å². The summed E-state index contributed by atoms with van der Waals surface area (Å²) in [5.74, 6) is 1.53. The molecule has 0 radical (unpaired) electrons. The quantitative estimate of drug-likeness (QED) is 0.818. The van der Waals surface area contributed by atoms with E-state index in [2.05, 4.69) is 24.9 Å². The third-order valence-electron chi connectivity index (χ3n) is 3.69. The molecule has 0 saturated carbocycles. The Morgan fingerprint density at radius 3 is 2.26 bits per heavy atom. The van der Waals surface area contributed by atoms with Gasteiger partial charge in [0.25, 0.3) is 0 Å². The summed E-state index contributed by atoms with van der Waals surface area (Å²) >= 11 is 0. The van der Waals surface area contributed by atoms with Crippen molar-refractivity contribution in [3.63, 3.8) is 0 Å². The highest BCUT2D eigenvalue weighted by molar-refractivity contribution is 5.85. The van der Waals surface area contributed by atoms with E-state index in [-0.39, 0.29) is 12.4 Å². The monoisotopic (exact) mass is 336 g/mol. The molecule has 2 N–H and O–H groups in total. The molecule has 0 aliphatic carbocycles. The normalized spacial score (nSPS) is 10.3. The Labute approximate surface area is 144 Å². The summed E-state index contributed by atoms with van der Waals surface area (Å²) < 4.78 is 10.7. The zero-order valence-electron chi connectivity index (χ0n) is 14.1. The summed E-state index contributed by atoms with van der Waals surface area (Å²) in [6.45, 7) is 3.77. The number of nitrogens with zero attached hydrogens (tertiary/aromatic N) is 1. The molecule has 0 aromatic heterocycles. The van der Waals surface area contributed by atoms with Gasteiger partial charge in [0.05, 0.1) is 14.2 Å². The maximum absolute atomic E-state index is 5.83. The van der Waals surface area contributed by atoms with Gasteiger partial charge in [0.15, 0.2) is 11.5 Å². The Hall–Kier alpha value is -1.91. The minimum absolute atomic E-state index is 0. The lowest BCUT2D eigenvalue weighted by Gasteiger charge is -2.20. The standard InChI is InChI=1S/C18H24N2O2.ClH/c1-13-8-17(21-3)18(22-4)10-15(13)12-20(2)11-14-6-5-7-16(19)9-14;/h5-10H,11-12,19H2,1-4H3;1H. The van der Waals surface area contributed by atoms with E-state index in [1.807, 2.05) is 30.3 Å². The zero-order chi connectivity index (χ0) is 16.1. The predicted octanol–water partition coefficient (Wildman–Crippen LogP) is 3.65. The van der Waals surface area contributed by atoms with Gasteiger partial charge in [0.2, 0.25) is 0 Å². The van der Waals surface area contributed by atoms with Gasteiger partial charge in [-0.2, -0.15) is 0 Å². The number of anilines is 1. The topological polar surface area (TPSA) is 47.7 Å². The molecule has 0 heterocycles. The minimum Gasteiger partial charge on any atom is -0.493 e. The first kappa shape index (κ1) is 19.1. The van der Waals surface area contributed by atoms with Gasteiger partial charge in [-0.3, -0.25) is 4.90 Å². The Bertz CT molecular complexity index is 647. The van der Waals surface area contributed by atoms with E-state index in [4.69, 9.17) is 15.2 Å². The van der Waals surface area contributed by atoms with Crippen molar-refractivity contribution in [2.45, 2.75) is 20.0 Å². The van der Waals surface area contributed by atoms with Crippen LogP contribution in [0.1, 0.15) is 16.7 Å². The summed E-state index contributed by atoms with van der Waals surface area (Å²) in [6, 6.07) is 12.1. The number of aryl methyl sites for hydroxylation is 1. The molecule has 23 heavy (non-hydrogen) atoms. The molecule has 126 valence electrons. The minimum atomic E-state index is 0. The van der Waals surface area contributed by atoms with Gasteiger partial charge in [0, 0.05) is 18.8 Å². The molecule has 0 aliphatic heterocycles. The highest BCUT2D eigenvalue weighted by atomic mass is 35.5. The number of rotatable bonds is 6. The van der Waals surface area contributed by atoms with Crippen molar-refractivity contribution in [2.24, 2.45) is 0 Å². The average molecular weight is 337 g/mol. The van der Waals surface area contributed by atoms with Gasteiger partial charge >= 0.3 is 0 Å². The SMILES string of the molecule is COc1cc(C)c(CN(C)Cc2cccc(N)c2)cc1OC.Cl. The number of methoxy groups -OCH3 is 2. The molecule has 0 unspecified atom stereocenters. The Kier molecular flexibility index (Phi) is 7.20. The number of nitrogens with two attached hydrogens (primary N) is 1. The molecule has 0 bridgehead atoms. The van der Waals surface area contributed by atoms with Gasteiger partial charge in [-0.15, -0.1) is 12.4 Å². The molecular formula is C18H25ClN2O2. The third-order valence-corrected chi connectivity index (χ3v) is 3.69. The van der Waals surface area contributed by atoms with Crippen LogP contribution in [0.5, 0.6) is 11.5 Å². The number of halogens is 1. The Morgan fingerprint density at radius 1 is 1.00 bits per heavy atom. The number of ether oxygens (including phenoxy) is 2. The fraction of sp³-hybridized carbons (Fsp3) is 0.333. The molecule has 0 atom stereocenters. The second kappa shape index (κ2) is 8.65. The molecule has 0 fully saturated rings. The van der Waals surface area contributed by atoms with E-state index in [9.17, 15) is 0 Å². The van der Waals surface area contributed by atoms with Crippen LogP contribution in [0.15, 0.2) is 36.4 Å². The first-order valence-corrected chi connectivity index (χ1v) is 7.28. The maximum atomic E-state index is 5.83. The lowest BCUT2D eigenvalue weighted by Crippen LogP contribution is -2.18. The van der Waals surface area contributed by atoms with Crippen LogP contribution in [0.4, 0.5) is 5.69 Å². The second-order valence-electron chi connectivity index (χ2n) is 5.55. The molecule has 0 aliphatic rings. The number of benzene rings is 2. The van der Waals surface area contributed by atoms with Gasteiger partial charge < -0.3 is 15.2 Å². The van der Waals surface area contributed by atoms with Crippen LogP contribution in [0, 0.1) is 6.92 Å². The van der Waals surface area contributed by atoms with E-state index in [1.54, 1.807) is 14.2 Å². The summed E-state index contributed by atoms with van der Waals surface area (Å²) in [7, 11) is 5.41. The molecule has 5 heteroatoms. The van der Waals surface area contributed by atoms with Crippen LogP contribution >= 0.6 is 12.4 Å². The van der Waals surface area contributed by atoms with Crippen LogP contribution in [0.3, 0.4) is 0 Å². The molecule has 2 aromatic carbocycles. The van der Waals surface area contributed by atoms with Gasteiger partial charge in [0.1, 0.15) is 0 Å². The lowest BCUT2D eigenvalue weighted by molar-refractivity contribution is 0.315. The number of hydrogen-bond donors (Lipinski definition) is 1. The van der Waals surface area contributed by atoms with Crippen LogP contribution in [-0.4, -0.2) is 26.2 Å². The molecule has 2 rings (SSSR count). The molecular weight excluding hydrogens is 312 g/mol. The maximum Gasteiger partial charge on any atom is 0.161 e. The third kappa shape index (κ3) is 5.05. The fourth-order valence-electron chi connectivity index (χ4n) is 2.54. The average Bonchev–Trinajstić information content (AvgIpc) is 2.48. The lowest BCUT2D eigenvalue weighted by atomic mass is 10.1. The predicted molar refractivity (Wildman–Crippen MR) is 97.6 cm³/mol. The van der Waals surface area contributed by atoms with Crippen LogP contribution in [-0.2, 0) is 13.1 Å². The summed E-state index contributed by atoms with van der Waals surface area (Å²) in [5, 5.41) is 0. The van der Waals surface area contributed by atoms with Crippen molar-refractivity contribution in [2.75, 3.05) is 27.0 Å². The highest BCUT2D eigenvalue weighted by Gasteiger charge is 2.10. The van der Waals surface area contributed by atoms with Crippen LogP contribution in [0.25, 0.3) is 0 Å². The first-order chi connectivity index (χ1) is 10.5. The zero-order valence-corrected chi connectivity index (χ0v) is 14.9.